The molecule has 1 heterocycles. The molecular formula is C24H29BN2O8. The Kier molecular flexibility index (Phi) is 8.02. The molecule has 0 radical (unpaired) electrons. The number of carbonyl (C=O) groups excluding carboxylic acids is 6. The van der Waals surface area contributed by atoms with E-state index in [2.05, 4.69) is 10.6 Å². The summed E-state index contributed by atoms with van der Waals surface area (Å²) in [5.74, 6) is -7.35. The summed E-state index contributed by atoms with van der Waals surface area (Å²) >= 11 is 0. The van der Waals surface area contributed by atoms with Crippen molar-refractivity contribution >= 4 is 42.2 Å². The van der Waals surface area contributed by atoms with Gasteiger partial charge in [-0.25, -0.2) is 0 Å². The van der Waals surface area contributed by atoms with Crippen LogP contribution in [0.5, 0.6) is 0 Å². The van der Waals surface area contributed by atoms with Crippen LogP contribution in [0, 0.1) is 23.7 Å². The largest absolute Gasteiger partial charge is 0.475 e. The molecular weight excluding hydrogens is 455 g/mol. The molecule has 0 aromatic heterocycles. The molecule has 2 aliphatic rings. The normalized spacial score (nSPS) is 21.4. The molecule has 1 aliphatic carbocycles. The maximum Gasteiger partial charge on any atom is 0.475 e. The second-order valence-corrected chi connectivity index (χ2v) is 9.68. The Morgan fingerprint density at radius 3 is 2.40 bits per heavy atom. The Morgan fingerprint density at radius 1 is 1.11 bits per heavy atom. The lowest BCUT2D eigenvalue weighted by Gasteiger charge is -2.24. The number of Topliss-reactive ketones (excluding diaryl/α,β-unsaturated/α-hetero) is 3. The summed E-state index contributed by atoms with van der Waals surface area (Å²) in [6.45, 7) is 5.24. The van der Waals surface area contributed by atoms with E-state index < -0.39 is 65.9 Å². The summed E-state index contributed by atoms with van der Waals surface area (Å²) in [5.41, 5.74) is -0.0162. The summed E-state index contributed by atoms with van der Waals surface area (Å²) in [6, 6.07) is 4.30. The number of fused-ring (bicyclic) bond motifs is 1. The second-order valence-electron chi connectivity index (χ2n) is 9.68. The highest BCUT2D eigenvalue weighted by Crippen LogP contribution is 2.37. The summed E-state index contributed by atoms with van der Waals surface area (Å²) in [7, 11) is -1.76. The number of hydrogen-bond donors (Lipinski definition) is 4. The average molecular weight is 484 g/mol. The van der Waals surface area contributed by atoms with Gasteiger partial charge in [0, 0.05) is 35.4 Å². The zero-order valence-corrected chi connectivity index (χ0v) is 19.9. The number of imide groups is 1. The minimum absolute atomic E-state index is 0.00350. The van der Waals surface area contributed by atoms with Crippen molar-refractivity contribution in [3.05, 3.63) is 34.9 Å². The lowest BCUT2D eigenvalue weighted by atomic mass is 9.74. The number of amides is 3. The number of benzene rings is 1. The highest BCUT2D eigenvalue weighted by atomic mass is 16.4. The fourth-order valence-electron chi connectivity index (χ4n) is 4.66. The highest BCUT2D eigenvalue weighted by molar-refractivity contribution is 6.43. The third kappa shape index (κ3) is 5.57. The van der Waals surface area contributed by atoms with Gasteiger partial charge >= 0.3 is 7.12 Å². The van der Waals surface area contributed by atoms with Gasteiger partial charge in [-0.2, -0.15) is 0 Å². The van der Waals surface area contributed by atoms with E-state index in [0.717, 1.165) is 0 Å². The SMILES string of the molecule is CC(C)C[C@H](NC(=O)[C@H](C)CC(=O)c1cccc2c1C(=O)C(C1CCC(=O)NC1=O)C2=O)B(O)O. The standard InChI is InChI=1S/C24H29BN2O8/c1-11(2)9-17(25(34)35)26-23(32)12(3)10-16(28)13-5-4-6-14-19(13)22(31)20(21(14)30)15-7-8-18(29)27-24(15)33/h4-6,11-12,15,17,20,34-35H,7-10H2,1-3H3,(H,26,32)(H,27,29,33)/t12-,15?,17+,20?/m1/s1. The molecule has 35 heavy (non-hydrogen) atoms. The van der Waals surface area contributed by atoms with Crippen LogP contribution in [0.1, 0.15) is 77.5 Å². The first-order valence-corrected chi connectivity index (χ1v) is 11.7. The number of piperidine rings is 1. The first kappa shape index (κ1) is 26.4. The summed E-state index contributed by atoms with van der Waals surface area (Å²) in [4.78, 5) is 75.7. The molecule has 1 aromatic rings. The van der Waals surface area contributed by atoms with Gasteiger partial charge in [0.05, 0.1) is 17.8 Å². The quantitative estimate of drug-likeness (QED) is 0.170. The lowest BCUT2D eigenvalue weighted by molar-refractivity contribution is -0.137. The molecule has 0 spiro atoms. The monoisotopic (exact) mass is 484 g/mol. The first-order valence-electron chi connectivity index (χ1n) is 11.7. The zero-order chi connectivity index (χ0) is 26.0. The van der Waals surface area contributed by atoms with E-state index in [-0.39, 0.29) is 41.9 Å². The average Bonchev–Trinajstić information content (AvgIpc) is 3.03. The van der Waals surface area contributed by atoms with Crippen molar-refractivity contribution in [3.8, 4) is 0 Å². The molecule has 1 saturated heterocycles. The van der Waals surface area contributed by atoms with Crippen LogP contribution in [-0.4, -0.2) is 58.2 Å². The van der Waals surface area contributed by atoms with E-state index in [4.69, 9.17) is 0 Å². The molecule has 10 nitrogen and oxygen atoms in total. The van der Waals surface area contributed by atoms with E-state index in [9.17, 15) is 38.8 Å². The van der Waals surface area contributed by atoms with Crippen molar-refractivity contribution in [3.63, 3.8) is 0 Å². The first-order chi connectivity index (χ1) is 16.4. The maximum absolute atomic E-state index is 13.2. The zero-order valence-electron chi connectivity index (χ0n) is 19.9. The molecule has 0 bridgehead atoms. The van der Waals surface area contributed by atoms with Gasteiger partial charge < -0.3 is 15.4 Å². The van der Waals surface area contributed by atoms with E-state index in [1.54, 1.807) is 0 Å². The van der Waals surface area contributed by atoms with Gasteiger partial charge in [-0.1, -0.05) is 39.0 Å². The van der Waals surface area contributed by atoms with Crippen molar-refractivity contribution in [2.24, 2.45) is 23.7 Å². The van der Waals surface area contributed by atoms with Gasteiger partial charge in [-0.05, 0) is 18.8 Å². The Hall–Kier alpha value is -3.18. The van der Waals surface area contributed by atoms with Crippen LogP contribution >= 0.6 is 0 Å². The van der Waals surface area contributed by atoms with Crippen LogP contribution in [0.2, 0.25) is 0 Å². The van der Waals surface area contributed by atoms with Crippen LogP contribution < -0.4 is 10.6 Å². The van der Waals surface area contributed by atoms with Crippen molar-refractivity contribution < 1.29 is 38.8 Å². The minimum atomic E-state index is -1.76. The van der Waals surface area contributed by atoms with Gasteiger partial charge in [0.2, 0.25) is 17.7 Å². The summed E-state index contributed by atoms with van der Waals surface area (Å²) in [6.07, 6.45) is 0.134. The molecule has 1 fully saturated rings. The smallest absolute Gasteiger partial charge is 0.426 e. The van der Waals surface area contributed by atoms with Gasteiger partial charge in [0.15, 0.2) is 17.3 Å². The molecule has 3 rings (SSSR count). The fraction of sp³-hybridized carbons (Fsp3) is 0.500. The molecule has 4 atom stereocenters. The Bertz CT molecular complexity index is 1080. The number of carbonyl (C=O) groups is 6. The molecule has 4 N–H and O–H groups in total. The third-order valence-corrected chi connectivity index (χ3v) is 6.48. The van der Waals surface area contributed by atoms with Crippen molar-refractivity contribution in [2.75, 3.05) is 0 Å². The highest BCUT2D eigenvalue weighted by Gasteiger charge is 2.48. The van der Waals surface area contributed by atoms with Gasteiger partial charge in [-0.3, -0.25) is 34.1 Å². The van der Waals surface area contributed by atoms with E-state index >= 15 is 0 Å². The molecule has 2 unspecified atom stereocenters. The van der Waals surface area contributed by atoms with Gasteiger partial charge in [-0.15, -0.1) is 0 Å². The van der Waals surface area contributed by atoms with Crippen LogP contribution in [-0.2, 0) is 14.4 Å². The van der Waals surface area contributed by atoms with Crippen LogP contribution in [0.3, 0.4) is 0 Å². The molecule has 1 aromatic carbocycles. The number of hydrogen-bond acceptors (Lipinski definition) is 8. The topological polar surface area (TPSA) is 167 Å². The van der Waals surface area contributed by atoms with E-state index in [1.165, 1.54) is 25.1 Å². The molecule has 0 saturated carbocycles. The number of nitrogens with one attached hydrogen (secondary N) is 2. The third-order valence-electron chi connectivity index (χ3n) is 6.48. The Balaban J connectivity index is 1.77. The van der Waals surface area contributed by atoms with Crippen LogP contribution in [0.25, 0.3) is 0 Å². The molecule has 3 amide bonds. The predicted molar refractivity (Wildman–Crippen MR) is 124 cm³/mol. The van der Waals surface area contributed by atoms with Gasteiger partial charge in [0.1, 0.15) is 0 Å². The van der Waals surface area contributed by atoms with E-state index in [1.807, 2.05) is 13.8 Å². The number of rotatable bonds is 9. The second kappa shape index (κ2) is 10.6. The fourth-order valence-corrected chi connectivity index (χ4v) is 4.66. The molecule has 11 heteroatoms. The molecule has 186 valence electrons. The maximum atomic E-state index is 13.2. The number of ketones is 3. The Labute approximate surface area is 203 Å². The van der Waals surface area contributed by atoms with Gasteiger partial charge in [0.25, 0.3) is 0 Å². The lowest BCUT2D eigenvalue weighted by Crippen LogP contribution is -2.49. The minimum Gasteiger partial charge on any atom is -0.426 e. The molecule has 1 aliphatic heterocycles. The van der Waals surface area contributed by atoms with Crippen molar-refractivity contribution in [1.82, 2.24) is 10.6 Å². The van der Waals surface area contributed by atoms with Crippen molar-refractivity contribution in [2.45, 2.75) is 52.4 Å². The van der Waals surface area contributed by atoms with Crippen molar-refractivity contribution in [1.29, 1.82) is 0 Å². The summed E-state index contributed by atoms with van der Waals surface area (Å²) < 4.78 is 0. The predicted octanol–water partition coefficient (Wildman–Crippen LogP) is 0.486. The van der Waals surface area contributed by atoms with Crippen LogP contribution in [0.4, 0.5) is 0 Å². The van der Waals surface area contributed by atoms with E-state index in [0.29, 0.717) is 6.42 Å². The Morgan fingerprint density at radius 2 is 1.80 bits per heavy atom. The summed E-state index contributed by atoms with van der Waals surface area (Å²) in [5, 5.41) is 23.8. The van der Waals surface area contributed by atoms with Crippen LogP contribution in [0.15, 0.2) is 18.2 Å².